The molecule has 1 aromatic rings. The third-order valence-corrected chi connectivity index (χ3v) is 3.91. The predicted molar refractivity (Wildman–Crippen MR) is 60.3 cm³/mol. The van der Waals surface area contributed by atoms with E-state index in [1.807, 2.05) is 6.07 Å². The molecule has 3 rings (SSSR count). The van der Waals surface area contributed by atoms with E-state index in [9.17, 15) is 0 Å². The van der Waals surface area contributed by atoms with Crippen molar-refractivity contribution in [2.24, 2.45) is 0 Å². The molecule has 82 valence electrons. The zero-order valence-electron chi connectivity index (χ0n) is 8.76. The van der Waals surface area contributed by atoms with E-state index in [0.717, 1.165) is 23.1 Å². The molecule has 0 radical (unpaired) electrons. The van der Waals surface area contributed by atoms with Crippen molar-refractivity contribution in [1.29, 1.82) is 0 Å². The quantitative estimate of drug-likeness (QED) is 0.832. The first-order valence-corrected chi connectivity index (χ1v) is 6.25. The highest BCUT2D eigenvalue weighted by molar-refractivity contribution is 6.31. The van der Waals surface area contributed by atoms with Crippen molar-refractivity contribution in [2.45, 2.75) is 44.1 Å². The van der Waals surface area contributed by atoms with E-state index < -0.39 is 0 Å². The molecular formula is C12H16ClNO. The monoisotopic (exact) mass is 225 g/mol. The lowest BCUT2D eigenvalue weighted by atomic mass is 9.84. The lowest BCUT2D eigenvalue weighted by molar-refractivity contribution is 0.324. The van der Waals surface area contributed by atoms with Gasteiger partial charge in [-0.2, -0.15) is 0 Å². The molecule has 1 aliphatic carbocycles. The van der Waals surface area contributed by atoms with Crippen LogP contribution in [0.25, 0.3) is 0 Å². The maximum Gasteiger partial charge on any atom is 0.125 e. The Morgan fingerprint density at radius 1 is 1.27 bits per heavy atom. The SMILES string of the molecule is Clc1cc(C2CCCN2)oc1C1CCC1. The standard InChI is InChI=1S/C12H16ClNO/c13-9-7-11(10-5-2-6-14-10)15-12(9)8-3-1-4-8/h7-8,10,14H,1-6H2. The molecule has 1 atom stereocenters. The van der Waals surface area contributed by atoms with E-state index in [-0.39, 0.29) is 0 Å². The summed E-state index contributed by atoms with van der Waals surface area (Å²) < 4.78 is 5.91. The summed E-state index contributed by atoms with van der Waals surface area (Å²) in [7, 11) is 0. The fraction of sp³-hybridized carbons (Fsp3) is 0.667. The summed E-state index contributed by atoms with van der Waals surface area (Å²) in [5, 5.41) is 4.27. The first-order chi connectivity index (χ1) is 7.34. The molecule has 1 saturated carbocycles. The summed E-state index contributed by atoms with van der Waals surface area (Å²) >= 11 is 6.21. The van der Waals surface area contributed by atoms with E-state index in [1.54, 1.807) is 0 Å². The number of furan rings is 1. The molecule has 2 aliphatic rings. The van der Waals surface area contributed by atoms with E-state index in [0.29, 0.717) is 12.0 Å². The summed E-state index contributed by atoms with van der Waals surface area (Å²) in [5.41, 5.74) is 0. The van der Waals surface area contributed by atoms with E-state index in [2.05, 4.69) is 5.32 Å². The summed E-state index contributed by atoms with van der Waals surface area (Å²) in [6.07, 6.45) is 6.21. The van der Waals surface area contributed by atoms with E-state index in [1.165, 1.54) is 32.1 Å². The average molecular weight is 226 g/mol. The van der Waals surface area contributed by atoms with Crippen LogP contribution >= 0.6 is 11.6 Å². The van der Waals surface area contributed by atoms with Gasteiger partial charge in [-0.1, -0.05) is 18.0 Å². The van der Waals surface area contributed by atoms with Crippen LogP contribution in [-0.4, -0.2) is 6.54 Å². The van der Waals surface area contributed by atoms with Crippen LogP contribution in [0, 0.1) is 0 Å². The molecule has 0 amide bonds. The van der Waals surface area contributed by atoms with Crippen molar-refractivity contribution in [3.05, 3.63) is 22.6 Å². The fourth-order valence-corrected chi connectivity index (χ4v) is 2.75. The summed E-state index contributed by atoms with van der Waals surface area (Å²) in [5.74, 6) is 2.67. The van der Waals surface area contributed by atoms with Gasteiger partial charge in [0.1, 0.15) is 11.5 Å². The third kappa shape index (κ3) is 1.70. The number of rotatable bonds is 2. The minimum atomic E-state index is 0.399. The van der Waals surface area contributed by atoms with Crippen LogP contribution in [0.2, 0.25) is 5.02 Å². The van der Waals surface area contributed by atoms with Crippen molar-refractivity contribution in [2.75, 3.05) is 6.54 Å². The maximum absolute atomic E-state index is 6.21. The number of hydrogen-bond acceptors (Lipinski definition) is 2. The first kappa shape index (κ1) is 9.73. The number of hydrogen-bond donors (Lipinski definition) is 1. The molecule has 1 N–H and O–H groups in total. The summed E-state index contributed by atoms with van der Waals surface area (Å²) in [6.45, 7) is 1.10. The van der Waals surface area contributed by atoms with Crippen molar-refractivity contribution in [1.82, 2.24) is 5.32 Å². The van der Waals surface area contributed by atoms with E-state index >= 15 is 0 Å². The minimum absolute atomic E-state index is 0.399. The van der Waals surface area contributed by atoms with Gasteiger partial charge in [-0.15, -0.1) is 0 Å². The Balaban J connectivity index is 1.83. The first-order valence-electron chi connectivity index (χ1n) is 5.87. The molecule has 15 heavy (non-hydrogen) atoms. The van der Waals surface area contributed by atoms with Crippen LogP contribution in [0.15, 0.2) is 10.5 Å². The zero-order chi connectivity index (χ0) is 10.3. The second-order valence-electron chi connectivity index (χ2n) is 4.64. The van der Waals surface area contributed by atoms with Gasteiger partial charge in [0, 0.05) is 12.0 Å². The molecule has 0 aromatic carbocycles. The smallest absolute Gasteiger partial charge is 0.125 e. The Bertz CT molecular complexity index is 351. The van der Waals surface area contributed by atoms with Gasteiger partial charge in [-0.25, -0.2) is 0 Å². The molecule has 3 heteroatoms. The Morgan fingerprint density at radius 2 is 2.13 bits per heavy atom. The molecule has 1 saturated heterocycles. The molecule has 0 spiro atoms. The van der Waals surface area contributed by atoms with Crippen molar-refractivity contribution in [3.63, 3.8) is 0 Å². The van der Waals surface area contributed by atoms with Crippen LogP contribution in [0.3, 0.4) is 0 Å². The van der Waals surface area contributed by atoms with Crippen LogP contribution in [0.5, 0.6) is 0 Å². The normalized spacial score (nSPS) is 26.9. The average Bonchev–Trinajstić information content (AvgIpc) is 2.72. The molecule has 1 aliphatic heterocycles. The van der Waals surface area contributed by atoms with Gasteiger partial charge >= 0.3 is 0 Å². The summed E-state index contributed by atoms with van der Waals surface area (Å²) in [6, 6.07) is 2.41. The molecule has 2 heterocycles. The van der Waals surface area contributed by atoms with Gasteiger partial charge in [0.25, 0.3) is 0 Å². The minimum Gasteiger partial charge on any atom is -0.463 e. The topological polar surface area (TPSA) is 25.2 Å². The Kier molecular flexibility index (Phi) is 2.49. The Labute approximate surface area is 95.0 Å². The second kappa shape index (κ2) is 3.84. The molecule has 1 aromatic heterocycles. The maximum atomic E-state index is 6.21. The molecule has 2 nitrogen and oxygen atoms in total. The molecule has 2 fully saturated rings. The highest BCUT2D eigenvalue weighted by Gasteiger charge is 2.28. The van der Waals surface area contributed by atoms with Gasteiger partial charge < -0.3 is 9.73 Å². The van der Waals surface area contributed by atoms with Crippen molar-refractivity contribution < 1.29 is 4.42 Å². The van der Waals surface area contributed by atoms with Gasteiger partial charge in [-0.05, 0) is 32.2 Å². The predicted octanol–water partition coefficient (Wildman–Crippen LogP) is 3.63. The van der Waals surface area contributed by atoms with Crippen LogP contribution in [-0.2, 0) is 0 Å². The van der Waals surface area contributed by atoms with Crippen LogP contribution in [0.4, 0.5) is 0 Å². The number of nitrogens with one attached hydrogen (secondary N) is 1. The number of halogens is 1. The van der Waals surface area contributed by atoms with Gasteiger partial charge in [0.05, 0.1) is 11.1 Å². The molecule has 1 unspecified atom stereocenters. The van der Waals surface area contributed by atoms with Gasteiger partial charge in [-0.3, -0.25) is 0 Å². The zero-order valence-corrected chi connectivity index (χ0v) is 9.52. The Morgan fingerprint density at radius 3 is 2.73 bits per heavy atom. The third-order valence-electron chi connectivity index (χ3n) is 3.61. The second-order valence-corrected chi connectivity index (χ2v) is 5.04. The Hall–Kier alpha value is -0.470. The lowest BCUT2D eigenvalue weighted by Gasteiger charge is -2.23. The highest BCUT2D eigenvalue weighted by Crippen LogP contribution is 2.42. The molecular weight excluding hydrogens is 210 g/mol. The largest absolute Gasteiger partial charge is 0.463 e. The lowest BCUT2D eigenvalue weighted by Crippen LogP contribution is -2.12. The molecule has 0 bridgehead atoms. The van der Waals surface area contributed by atoms with E-state index in [4.69, 9.17) is 16.0 Å². The highest BCUT2D eigenvalue weighted by atomic mass is 35.5. The van der Waals surface area contributed by atoms with Crippen molar-refractivity contribution in [3.8, 4) is 0 Å². The van der Waals surface area contributed by atoms with Crippen LogP contribution < -0.4 is 5.32 Å². The fourth-order valence-electron chi connectivity index (χ4n) is 2.45. The van der Waals surface area contributed by atoms with Crippen LogP contribution in [0.1, 0.15) is 55.6 Å². The summed E-state index contributed by atoms with van der Waals surface area (Å²) in [4.78, 5) is 0. The van der Waals surface area contributed by atoms with Gasteiger partial charge in [0.15, 0.2) is 0 Å². The van der Waals surface area contributed by atoms with Crippen molar-refractivity contribution >= 4 is 11.6 Å². The van der Waals surface area contributed by atoms with Gasteiger partial charge in [0.2, 0.25) is 0 Å².